The predicted octanol–water partition coefficient (Wildman–Crippen LogP) is 1.00. The van der Waals surface area contributed by atoms with Crippen molar-refractivity contribution in [1.82, 2.24) is 9.55 Å². The van der Waals surface area contributed by atoms with E-state index >= 15 is 0 Å². The molecule has 5 nitrogen and oxygen atoms in total. The first-order valence-electron chi connectivity index (χ1n) is 5.36. The largest absolute Gasteiger partial charge is 0.381 e. The van der Waals surface area contributed by atoms with Crippen LogP contribution in [0.5, 0.6) is 0 Å². The smallest absolute Gasteiger partial charge is 0.351 e. The first-order valence-corrected chi connectivity index (χ1v) is 5.36. The van der Waals surface area contributed by atoms with E-state index in [1.54, 1.807) is 0 Å². The highest BCUT2D eigenvalue weighted by atomic mass is 19.1. The molecule has 7 heteroatoms. The van der Waals surface area contributed by atoms with Crippen LogP contribution in [0.2, 0.25) is 0 Å². The molecule has 94 valence electrons. The Kier molecular flexibility index (Phi) is 3.10. The second-order valence-electron chi connectivity index (χ2n) is 3.97. The third-order valence-electron chi connectivity index (χ3n) is 2.79. The van der Waals surface area contributed by atoms with E-state index in [0.29, 0.717) is 6.42 Å². The van der Waals surface area contributed by atoms with Crippen LogP contribution in [0.25, 0.3) is 0 Å². The number of alkyl halides is 1. The minimum absolute atomic E-state index is 0.194. The van der Waals surface area contributed by atoms with Gasteiger partial charge in [0.2, 0.25) is 0 Å². The third-order valence-corrected chi connectivity index (χ3v) is 2.79. The lowest BCUT2D eigenvalue weighted by atomic mass is 10.2. The fourth-order valence-electron chi connectivity index (χ4n) is 1.85. The van der Waals surface area contributed by atoms with E-state index in [4.69, 9.17) is 10.5 Å². The highest BCUT2D eigenvalue weighted by Gasteiger charge is 2.36. The van der Waals surface area contributed by atoms with Gasteiger partial charge in [-0.15, -0.1) is 0 Å². The van der Waals surface area contributed by atoms with Crippen molar-refractivity contribution in [3.63, 3.8) is 0 Å². The molecule has 1 aliphatic rings. The van der Waals surface area contributed by atoms with Crippen molar-refractivity contribution in [2.45, 2.75) is 38.3 Å². The van der Waals surface area contributed by atoms with Crippen molar-refractivity contribution < 1.29 is 13.5 Å². The number of halogens is 2. The van der Waals surface area contributed by atoms with Gasteiger partial charge in [-0.1, -0.05) is 6.92 Å². The topological polar surface area (TPSA) is 70.1 Å². The molecule has 2 N–H and O–H groups in total. The number of hydrogen-bond donors (Lipinski definition) is 1. The van der Waals surface area contributed by atoms with E-state index in [9.17, 15) is 13.6 Å². The molecule has 1 aromatic rings. The Morgan fingerprint density at radius 1 is 1.71 bits per heavy atom. The van der Waals surface area contributed by atoms with Crippen LogP contribution in [0.3, 0.4) is 0 Å². The molecule has 0 spiro atoms. The molecule has 1 saturated heterocycles. The minimum Gasteiger partial charge on any atom is -0.381 e. The molecule has 0 aliphatic carbocycles. The molecule has 0 saturated carbocycles. The Labute approximate surface area is 96.2 Å². The van der Waals surface area contributed by atoms with Gasteiger partial charge in [-0.05, 0) is 6.42 Å². The van der Waals surface area contributed by atoms with Gasteiger partial charge < -0.3 is 10.5 Å². The van der Waals surface area contributed by atoms with Crippen molar-refractivity contribution in [3.8, 4) is 0 Å². The molecule has 1 aromatic heterocycles. The molecule has 0 bridgehead atoms. The molecular weight excluding hydrogens is 232 g/mol. The number of ether oxygens (including phenoxy) is 1. The standard InChI is InChI=1S/C10H13F2N3O2/c1-2-5-3-6(11)9(17-5)15-4-7(12)8(13)14-10(15)16/h4-6,9H,2-3H2,1H3,(H2,13,14,16). The highest BCUT2D eigenvalue weighted by Crippen LogP contribution is 2.31. The van der Waals surface area contributed by atoms with Crippen LogP contribution in [0.1, 0.15) is 26.0 Å². The zero-order chi connectivity index (χ0) is 12.6. The van der Waals surface area contributed by atoms with Gasteiger partial charge in [-0.3, -0.25) is 4.57 Å². The van der Waals surface area contributed by atoms with E-state index in [2.05, 4.69) is 4.98 Å². The zero-order valence-electron chi connectivity index (χ0n) is 9.27. The number of aromatic nitrogens is 2. The summed E-state index contributed by atoms with van der Waals surface area (Å²) in [7, 11) is 0. The molecule has 1 aliphatic heterocycles. The summed E-state index contributed by atoms with van der Waals surface area (Å²) in [6, 6.07) is 0. The van der Waals surface area contributed by atoms with Gasteiger partial charge in [0.25, 0.3) is 0 Å². The molecule has 1 fully saturated rings. The van der Waals surface area contributed by atoms with Crippen LogP contribution in [-0.2, 0) is 4.74 Å². The fourth-order valence-corrected chi connectivity index (χ4v) is 1.85. The van der Waals surface area contributed by atoms with E-state index in [1.165, 1.54) is 0 Å². The van der Waals surface area contributed by atoms with Crippen LogP contribution in [0.4, 0.5) is 14.6 Å². The first kappa shape index (κ1) is 12.0. The lowest BCUT2D eigenvalue weighted by molar-refractivity contribution is -0.0227. The summed E-state index contributed by atoms with van der Waals surface area (Å²) >= 11 is 0. The molecule has 0 aromatic carbocycles. The molecule has 0 amide bonds. The summed E-state index contributed by atoms with van der Waals surface area (Å²) < 4.78 is 33.0. The van der Waals surface area contributed by atoms with Gasteiger partial charge >= 0.3 is 5.69 Å². The summed E-state index contributed by atoms with van der Waals surface area (Å²) in [6.07, 6.45) is -1.06. The summed E-state index contributed by atoms with van der Waals surface area (Å²) in [5.74, 6) is -1.35. The summed E-state index contributed by atoms with van der Waals surface area (Å²) in [5, 5.41) is 0. The van der Waals surface area contributed by atoms with E-state index in [0.717, 1.165) is 10.8 Å². The van der Waals surface area contributed by atoms with Crippen molar-refractivity contribution >= 4 is 5.82 Å². The molecule has 2 heterocycles. The van der Waals surface area contributed by atoms with Crippen molar-refractivity contribution in [3.05, 3.63) is 22.5 Å². The minimum atomic E-state index is -1.34. The van der Waals surface area contributed by atoms with Crippen molar-refractivity contribution in [2.75, 3.05) is 5.73 Å². The number of nitrogens with two attached hydrogens (primary N) is 1. The van der Waals surface area contributed by atoms with E-state index < -0.39 is 29.7 Å². The molecule has 17 heavy (non-hydrogen) atoms. The highest BCUT2D eigenvalue weighted by molar-refractivity contribution is 5.26. The van der Waals surface area contributed by atoms with E-state index in [1.807, 2.05) is 6.92 Å². The Bertz CT molecular complexity index is 477. The quantitative estimate of drug-likeness (QED) is 0.843. The maximum Gasteiger partial charge on any atom is 0.351 e. The van der Waals surface area contributed by atoms with Gasteiger partial charge in [0.05, 0.1) is 12.3 Å². The number of rotatable bonds is 2. The average Bonchev–Trinajstić information content (AvgIpc) is 2.65. The second kappa shape index (κ2) is 4.40. The lowest BCUT2D eigenvalue weighted by Crippen LogP contribution is -2.31. The Balaban J connectivity index is 2.35. The van der Waals surface area contributed by atoms with Gasteiger partial charge in [0.1, 0.15) is 6.17 Å². The predicted molar refractivity (Wildman–Crippen MR) is 56.6 cm³/mol. The van der Waals surface area contributed by atoms with Crippen LogP contribution >= 0.6 is 0 Å². The molecule has 3 atom stereocenters. The SMILES string of the molecule is CCC1CC(F)C(n2cc(F)c(N)nc2=O)O1. The average molecular weight is 245 g/mol. The Hall–Kier alpha value is -1.50. The van der Waals surface area contributed by atoms with Gasteiger partial charge in [0, 0.05) is 6.42 Å². The van der Waals surface area contributed by atoms with Gasteiger partial charge in [-0.2, -0.15) is 4.98 Å². The Morgan fingerprint density at radius 2 is 2.41 bits per heavy atom. The summed E-state index contributed by atoms with van der Waals surface area (Å²) in [4.78, 5) is 14.7. The van der Waals surface area contributed by atoms with Crippen molar-refractivity contribution in [2.24, 2.45) is 0 Å². The lowest BCUT2D eigenvalue weighted by Gasteiger charge is -2.16. The molecule has 2 rings (SSSR count). The first-order chi connectivity index (χ1) is 8.02. The Morgan fingerprint density at radius 3 is 3.00 bits per heavy atom. The van der Waals surface area contributed by atoms with E-state index in [-0.39, 0.29) is 12.5 Å². The molecule has 3 unspecified atom stereocenters. The molecular formula is C10H13F2N3O2. The van der Waals surface area contributed by atoms with Crippen molar-refractivity contribution in [1.29, 1.82) is 0 Å². The van der Waals surface area contributed by atoms with Gasteiger partial charge in [-0.25, -0.2) is 13.6 Å². The zero-order valence-corrected chi connectivity index (χ0v) is 9.27. The van der Waals surface area contributed by atoms with Crippen LogP contribution < -0.4 is 11.4 Å². The molecule has 0 radical (unpaired) electrons. The number of nitrogens with zero attached hydrogens (tertiary/aromatic N) is 2. The summed E-state index contributed by atoms with van der Waals surface area (Å²) in [6.45, 7) is 1.85. The maximum absolute atomic E-state index is 13.7. The van der Waals surface area contributed by atoms with Crippen LogP contribution in [-0.4, -0.2) is 21.8 Å². The maximum atomic E-state index is 13.7. The van der Waals surface area contributed by atoms with Crippen LogP contribution in [0.15, 0.2) is 11.0 Å². The van der Waals surface area contributed by atoms with Gasteiger partial charge in [0.15, 0.2) is 17.9 Å². The second-order valence-corrected chi connectivity index (χ2v) is 3.97. The fraction of sp³-hybridized carbons (Fsp3) is 0.600. The normalized spacial score (nSPS) is 28.5. The number of nitrogen functional groups attached to an aromatic ring is 1. The summed E-state index contributed by atoms with van der Waals surface area (Å²) in [5.41, 5.74) is 4.33. The van der Waals surface area contributed by atoms with Crippen LogP contribution in [0, 0.1) is 5.82 Å². The monoisotopic (exact) mass is 245 g/mol. The number of hydrogen-bond acceptors (Lipinski definition) is 4. The number of anilines is 1. The third kappa shape index (κ3) is 2.14.